The second-order valence-corrected chi connectivity index (χ2v) is 4.94. The van der Waals surface area contributed by atoms with Crippen molar-refractivity contribution in [2.45, 2.75) is 20.4 Å². The summed E-state index contributed by atoms with van der Waals surface area (Å²) in [6, 6.07) is 1.86. The highest BCUT2D eigenvalue weighted by Crippen LogP contribution is 2.15. The lowest BCUT2D eigenvalue weighted by Crippen LogP contribution is -2.41. The van der Waals surface area contributed by atoms with Gasteiger partial charge < -0.3 is 10.6 Å². The zero-order valence-electron chi connectivity index (χ0n) is 10.4. The molecule has 5 heteroatoms. The minimum absolute atomic E-state index is 0.0193. The van der Waals surface area contributed by atoms with E-state index in [0.29, 0.717) is 18.1 Å². The molecule has 0 aliphatic rings. The number of rotatable bonds is 5. The predicted molar refractivity (Wildman–Crippen MR) is 68.8 cm³/mol. The number of hydrogen-bond acceptors (Lipinski definition) is 3. The summed E-state index contributed by atoms with van der Waals surface area (Å²) in [5, 5.41) is 6.51. The molecule has 0 aliphatic carbocycles. The summed E-state index contributed by atoms with van der Waals surface area (Å²) in [6.07, 6.45) is 3.31. The molecule has 0 bridgehead atoms. The molecule has 17 heavy (non-hydrogen) atoms. The number of carbonyl (C=O) groups excluding carboxylic acids is 1. The van der Waals surface area contributed by atoms with E-state index in [0.717, 1.165) is 5.56 Å². The molecule has 0 spiro atoms. The molecule has 0 aliphatic heterocycles. The van der Waals surface area contributed by atoms with E-state index in [1.165, 1.54) is 0 Å². The molecule has 0 saturated carbocycles. The van der Waals surface area contributed by atoms with Gasteiger partial charge >= 0.3 is 0 Å². The molecule has 2 N–H and O–H groups in total. The monoisotopic (exact) mass is 255 g/mol. The van der Waals surface area contributed by atoms with Crippen molar-refractivity contribution in [3.8, 4) is 0 Å². The summed E-state index contributed by atoms with van der Waals surface area (Å²) in [5.41, 5.74) is 0.545. The van der Waals surface area contributed by atoms with Crippen molar-refractivity contribution in [1.29, 1.82) is 0 Å². The SMILES string of the molecule is CNC(=O)C(C)(C)CNCc1ccncc1Cl. The van der Waals surface area contributed by atoms with Crippen LogP contribution in [-0.4, -0.2) is 24.5 Å². The zero-order valence-corrected chi connectivity index (χ0v) is 11.1. The number of halogens is 1. The Bertz CT molecular complexity index is 393. The first-order chi connectivity index (χ1) is 7.97. The Morgan fingerprint density at radius 1 is 1.53 bits per heavy atom. The van der Waals surface area contributed by atoms with Crippen LogP contribution in [0.2, 0.25) is 5.02 Å². The highest BCUT2D eigenvalue weighted by Gasteiger charge is 2.25. The molecule has 0 unspecified atom stereocenters. The Kier molecular flexibility index (Phi) is 4.90. The van der Waals surface area contributed by atoms with Gasteiger partial charge in [0.25, 0.3) is 0 Å². The van der Waals surface area contributed by atoms with Crippen LogP contribution >= 0.6 is 11.6 Å². The first-order valence-corrected chi connectivity index (χ1v) is 5.86. The molecule has 1 rings (SSSR count). The molecule has 4 nitrogen and oxygen atoms in total. The first kappa shape index (κ1) is 13.9. The topological polar surface area (TPSA) is 54.0 Å². The van der Waals surface area contributed by atoms with E-state index < -0.39 is 5.41 Å². The lowest BCUT2D eigenvalue weighted by molar-refractivity contribution is -0.128. The van der Waals surface area contributed by atoms with Gasteiger partial charge in [0.1, 0.15) is 0 Å². The van der Waals surface area contributed by atoms with E-state index in [2.05, 4.69) is 15.6 Å². The lowest BCUT2D eigenvalue weighted by Gasteiger charge is -2.23. The predicted octanol–water partition coefficient (Wildman–Crippen LogP) is 1.60. The third-order valence-electron chi connectivity index (χ3n) is 2.58. The van der Waals surface area contributed by atoms with Crippen LogP contribution in [0.5, 0.6) is 0 Å². The number of hydrogen-bond donors (Lipinski definition) is 2. The van der Waals surface area contributed by atoms with Gasteiger partial charge in [0.2, 0.25) is 5.91 Å². The van der Waals surface area contributed by atoms with Gasteiger partial charge in [-0.3, -0.25) is 9.78 Å². The molecule has 1 aromatic heterocycles. The van der Waals surface area contributed by atoms with Crippen LogP contribution in [0, 0.1) is 5.41 Å². The van der Waals surface area contributed by atoms with Crippen molar-refractivity contribution in [2.24, 2.45) is 5.41 Å². The maximum atomic E-state index is 11.6. The summed E-state index contributed by atoms with van der Waals surface area (Å²) >= 11 is 5.98. The fourth-order valence-corrected chi connectivity index (χ4v) is 1.66. The van der Waals surface area contributed by atoms with Crippen molar-refractivity contribution < 1.29 is 4.79 Å². The Morgan fingerprint density at radius 2 is 2.24 bits per heavy atom. The van der Waals surface area contributed by atoms with Crippen LogP contribution in [0.1, 0.15) is 19.4 Å². The van der Waals surface area contributed by atoms with Crippen LogP contribution in [0.3, 0.4) is 0 Å². The Labute approximate surface area is 107 Å². The van der Waals surface area contributed by atoms with Crippen molar-refractivity contribution in [1.82, 2.24) is 15.6 Å². The molecule has 94 valence electrons. The van der Waals surface area contributed by atoms with Gasteiger partial charge in [-0.05, 0) is 25.5 Å². The number of nitrogens with zero attached hydrogens (tertiary/aromatic N) is 1. The maximum absolute atomic E-state index is 11.6. The van der Waals surface area contributed by atoms with Crippen LogP contribution in [0.4, 0.5) is 0 Å². The van der Waals surface area contributed by atoms with E-state index in [4.69, 9.17) is 11.6 Å². The van der Waals surface area contributed by atoms with Crippen molar-refractivity contribution in [2.75, 3.05) is 13.6 Å². The Morgan fingerprint density at radius 3 is 2.82 bits per heavy atom. The van der Waals surface area contributed by atoms with E-state index in [9.17, 15) is 4.79 Å². The van der Waals surface area contributed by atoms with Gasteiger partial charge in [-0.2, -0.15) is 0 Å². The standard InChI is InChI=1S/C12H18ClN3O/c1-12(2,11(17)14-3)8-16-6-9-4-5-15-7-10(9)13/h4-5,7,16H,6,8H2,1-3H3,(H,14,17). The van der Waals surface area contributed by atoms with E-state index in [-0.39, 0.29) is 5.91 Å². The number of carbonyl (C=O) groups is 1. The van der Waals surface area contributed by atoms with Gasteiger partial charge in [0, 0.05) is 32.5 Å². The van der Waals surface area contributed by atoms with Crippen molar-refractivity contribution in [3.05, 3.63) is 29.0 Å². The third kappa shape index (κ3) is 3.98. The molecule has 1 heterocycles. The smallest absolute Gasteiger partial charge is 0.226 e. The molecule has 1 amide bonds. The molecular weight excluding hydrogens is 238 g/mol. The average molecular weight is 256 g/mol. The minimum atomic E-state index is -0.436. The lowest BCUT2D eigenvalue weighted by atomic mass is 9.92. The highest BCUT2D eigenvalue weighted by atomic mass is 35.5. The average Bonchev–Trinajstić information content (AvgIpc) is 2.30. The summed E-state index contributed by atoms with van der Waals surface area (Å²) < 4.78 is 0. The van der Waals surface area contributed by atoms with Crippen LogP contribution in [0.25, 0.3) is 0 Å². The second-order valence-electron chi connectivity index (χ2n) is 4.53. The maximum Gasteiger partial charge on any atom is 0.226 e. The Balaban J connectivity index is 2.48. The fraction of sp³-hybridized carbons (Fsp3) is 0.500. The summed E-state index contributed by atoms with van der Waals surface area (Å²) in [5.74, 6) is 0.0193. The largest absolute Gasteiger partial charge is 0.359 e. The molecule has 0 aromatic carbocycles. The van der Waals surface area contributed by atoms with Gasteiger partial charge in [-0.25, -0.2) is 0 Å². The number of pyridine rings is 1. The normalized spacial score (nSPS) is 11.3. The third-order valence-corrected chi connectivity index (χ3v) is 2.92. The van der Waals surface area contributed by atoms with Gasteiger partial charge in [-0.1, -0.05) is 11.6 Å². The van der Waals surface area contributed by atoms with E-state index >= 15 is 0 Å². The second kappa shape index (κ2) is 5.98. The van der Waals surface area contributed by atoms with Crippen LogP contribution in [-0.2, 0) is 11.3 Å². The van der Waals surface area contributed by atoms with Crippen molar-refractivity contribution >= 4 is 17.5 Å². The molecular formula is C12H18ClN3O. The summed E-state index contributed by atoms with van der Waals surface area (Å²) in [7, 11) is 1.64. The molecule has 1 aromatic rings. The van der Waals surface area contributed by atoms with Gasteiger partial charge in [0.15, 0.2) is 0 Å². The fourth-order valence-electron chi connectivity index (χ4n) is 1.48. The van der Waals surface area contributed by atoms with Crippen LogP contribution < -0.4 is 10.6 Å². The van der Waals surface area contributed by atoms with Gasteiger partial charge in [0.05, 0.1) is 10.4 Å². The zero-order chi connectivity index (χ0) is 12.9. The minimum Gasteiger partial charge on any atom is -0.359 e. The van der Waals surface area contributed by atoms with Crippen LogP contribution in [0.15, 0.2) is 18.5 Å². The molecule has 0 radical (unpaired) electrons. The van der Waals surface area contributed by atoms with Crippen molar-refractivity contribution in [3.63, 3.8) is 0 Å². The summed E-state index contributed by atoms with van der Waals surface area (Å²) in [4.78, 5) is 15.5. The molecule has 0 fully saturated rings. The highest BCUT2D eigenvalue weighted by molar-refractivity contribution is 6.31. The first-order valence-electron chi connectivity index (χ1n) is 5.48. The van der Waals surface area contributed by atoms with E-state index in [1.807, 2.05) is 19.9 Å². The number of aromatic nitrogens is 1. The van der Waals surface area contributed by atoms with Gasteiger partial charge in [-0.15, -0.1) is 0 Å². The Hall–Kier alpha value is -1.13. The summed E-state index contributed by atoms with van der Waals surface area (Å²) in [6.45, 7) is 5.01. The molecule has 0 atom stereocenters. The number of nitrogens with one attached hydrogen (secondary N) is 2. The molecule has 0 saturated heterocycles. The quantitative estimate of drug-likeness (QED) is 0.840. The number of amides is 1. The van der Waals surface area contributed by atoms with E-state index in [1.54, 1.807) is 19.4 Å².